The third kappa shape index (κ3) is 8.13. The van der Waals surface area contributed by atoms with E-state index in [1.54, 1.807) is 42.5 Å². The Bertz CT molecular complexity index is 1260. The number of halogens is 2. The molecular weight excluding hydrogens is 517 g/mol. The maximum absolute atomic E-state index is 12.5. The Morgan fingerprint density at radius 2 is 1.54 bits per heavy atom. The van der Waals surface area contributed by atoms with Crippen LogP contribution in [0.2, 0.25) is 10.0 Å². The largest absolute Gasteiger partial charge is 0.490 e. The number of anilines is 1. The molecule has 0 fully saturated rings. The van der Waals surface area contributed by atoms with Crippen LogP contribution >= 0.6 is 23.2 Å². The van der Waals surface area contributed by atoms with Gasteiger partial charge in [0.05, 0.1) is 29.5 Å². The van der Waals surface area contributed by atoms with Crippen LogP contribution in [0.25, 0.3) is 0 Å². The van der Waals surface area contributed by atoms with Crippen molar-refractivity contribution in [2.24, 2.45) is 5.10 Å². The van der Waals surface area contributed by atoms with Crippen molar-refractivity contribution in [1.29, 1.82) is 0 Å². The van der Waals surface area contributed by atoms with Gasteiger partial charge in [0.2, 0.25) is 0 Å². The molecule has 0 aromatic heterocycles. The summed E-state index contributed by atoms with van der Waals surface area (Å²) in [5.41, 5.74) is 5.07. The fourth-order valence-electron chi connectivity index (χ4n) is 3.19. The van der Waals surface area contributed by atoms with Crippen molar-refractivity contribution in [3.8, 4) is 17.2 Å². The van der Waals surface area contributed by atoms with Gasteiger partial charge >= 0.3 is 0 Å². The van der Waals surface area contributed by atoms with E-state index in [2.05, 4.69) is 15.8 Å². The molecule has 194 valence electrons. The third-order valence-electron chi connectivity index (χ3n) is 4.89. The van der Waals surface area contributed by atoms with Crippen LogP contribution in [0, 0.1) is 6.92 Å². The van der Waals surface area contributed by atoms with Gasteiger partial charge in [-0.25, -0.2) is 5.43 Å². The lowest BCUT2D eigenvalue weighted by Gasteiger charge is -2.12. The molecule has 0 atom stereocenters. The Morgan fingerprint density at radius 1 is 0.892 bits per heavy atom. The van der Waals surface area contributed by atoms with Gasteiger partial charge in [0, 0.05) is 11.3 Å². The van der Waals surface area contributed by atoms with Gasteiger partial charge in [0.15, 0.2) is 23.9 Å². The number of hydrazone groups is 1. The summed E-state index contributed by atoms with van der Waals surface area (Å²) < 4.78 is 16.6. The Balaban J connectivity index is 1.59. The number of hydrogen-bond donors (Lipinski definition) is 2. The van der Waals surface area contributed by atoms with Crippen LogP contribution in [-0.4, -0.2) is 37.8 Å². The summed E-state index contributed by atoms with van der Waals surface area (Å²) in [5, 5.41) is 7.09. The van der Waals surface area contributed by atoms with Crippen molar-refractivity contribution >= 4 is 46.9 Å². The normalized spacial score (nSPS) is 10.7. The summed E-state index contributed by atoms with van der Waals surface area (Å²) in [6.07, 6.45) is 1.39. The minimum Gasteiger partial charge on any atom is -0.490 e. The molecule has 3 aromatic rings. The standard InChI is InChI=1S/C27H27Cl2N3O5/c1-4-35-23-11-8-19(14-24(23)36-5-2)27(34)32-30-15-18-12-21(28)26(22(29)13-18)37-16-25(33)31-20-9-6-17(3)7-10-20/h6-15H,4-5,16H2,1-3H3,(H,31,33)(H,32,34)/b30-15+. The second-order valence-electron chi connectivity index (χ2n) is 7.74. The van der Waals surface area contributed by atoms with Gasteiger partial charge in [-0.1, -0.05) is 40.9 Å². The first-order valence-corrected chi connectivity index (χ1v) is 12.3. The van der Waals surface area contributed by atoms with Crippen LogP contribution in [0.5, 0.6) is 17.2 Å². The number of rotatable bonds is 11. The molecule has 0 spiro atoms. The zero-order valence-corrected chi connectivity index (χ0v) is 22.2. The van der Waals surface area contributed by atoms with E-state index in [4.69, 9.17) is 37.4 Å². The SMILES string of the molecule is CCOc1ccc(C(=O)N/N=C/c2cc(Cl)c(OCC(=O)Nc3ccc(C)cc3)c(Cl)c2)cc1OCC. The average molecular weight is 544 g/mol. The predicted molar refractivity (Wildman–Crippen MR) is 146 cm³/mol. The summed E-state index contributed by atoms with van der Waals surface area (Å²) in [5.74, 6) is 0.413. The van der Waals surface area contributed by atoms with Crippen molar-refractivity contribution < 1.29 is 23.8 Å². The summed E-state index contributed by atoms with van der Waals surface area (Å²) in [7, 11) is 0. The highest BCUT2D eigenvalue weighted by molar-refractivity contribution is 6.37. The second-order valence-corrected chi connectivity index (χ2v) is 8.56. The highest BCUT2D eigenvalue weighted by atomic mass is 35.5. The highest BCUT2D eigenvalue weighted by Crippen LogP contribution is 2.34. The van der Waals surface area contributed by atoms with Crippen LogP contribution in [0.1, 0.15) is 35.3 Å². The Hall–Kier alpha value is -3.75. The molecule has 0 aliphatic carbocycles. The minimum absolute atomic E-state index is 0.168. The number of nitrogens with one attached hydrogen (secondary N) is 2. The molecular formula is C27H27Cl2N3O5. The number of hydrogen-bond acceptors (Lipinski definition) is 6. The number of ether oxygens (including phenoxy) is 3. The summed E-state index contributed by atoms with van der Waals surface area (Å²) in [6.45, 7) is 6.31. The van der Waals surface area contributed by atoms with Gasteiger partial charge < -0.3 is 19.5 Å². The van der Waals surface area contributed by atoms with Gasteiger partial charge in [-0.05, 0) is 68.8 Å². The maximum Gasteiger partial charge on any atom is 0.271 e. The molecule has 0 saturated carbocycles. The van der Waals surface area contributed by atoms with Crippen molar-refractivity contribution in [3.63, 3.8) is 0 Å². The number of carbonyl (C=O) groups excluding carboxylic acids is 2. The van der Waals surface area contributed by atoms with Crippen LogP contribution in [0.3, 0.4) is 0 Å². The van der Waals surface area contributed by atoms with E-state index in [-0.39, 0.29) is 28.3 Å². The Kier molecular flexibility index (Phi) is 10.2. The first-order chi connectivity index (χ1) is 17.8. The Labute approximate surface area is 225 Å². The zero-order valence-electron chi connectivity index (χ0n) is 20.6. The minimum atomic E-state index is -0.433. The van der Waals surface area contributed by atoms with Crippen molar-refractivity contribution in [3.05, 3.63) is 81.3 Å². The van der Waals surface area contributed by atoms with Gasteiger partial charge in [-0.3, -0.25) is 9.59 Å². The molecule has 2 N–H and O–H groups in total. The number of carbonyl (C=O) groups is 2. The summed E-state index contributed by atoms with van der Waals surface area (Å²) >= 11 is 12.6. The molecule has 3 aromatic carbocycles. The van der Waals surface area contributed by atoms with E-state index in [1.807, 2.05) is 32.9 Å². The van der Waals surface area contributed by atoms with Gasteiger partial charge in [0.1, 0.15) is 0 Å². The predicted octanol–water partition coefficient (Wildman–Crippen LogP) is 5.88. The maximum atomic E-state index is 12.5. The molecule has 10 heteroatoms. The van der Waals surface area contributed by atoms with Gasteiger partial charge in [0.25, 0.3) is 11.8 Å². The third-order valence-corrected chi connectivity index (χ3v) is 5.45. The molecule has 37 heavy (non-hydrogen) atoms. The number of aryl methyl sites for hydroxylation is 1. The molecule has 0 bridgehead atoms. The number of benzene rings is 3. The average Bonchev–Trinajstić information content (AvgIpc) is 2.86. The monoisotopic (exact) mass is 543 g/mol. The summed E-state index contributed by atoms with van der Waals surface area (Å²) in [6, 6.07) is 15.4. The topological polar surface area (TPSA) is 98.3 Å². The first kappa shape index (κ1) is 27.8. The lowest BCUT2D eigenvalue weighted by Crippen LogP contribution is -2.20. The smallest absolute Gasteiger partial charge is 0.271 e. The molecule has 0 radical (unpaired) electrons. The number of amides is 2. The van der Waals surface area contributed by atoms with E-state index in [1.165, 1.54) is 6.21 Å². The molecule has 2 amide bonds. The quantitative estimate of drug-likeness (QED) is 0.232. The molecule has 0 aliphatic rings. The molecule has 0 aliphatic heterocycles. The molecule has 0 unspecified atom stereocenters. The van der Waals surface area contributed by atoms with E-state index < -0.39 is 5.91 Å². The molecule has 0 saturated heterocycles. The van der Waals surface area contributed by atoms with Crippen LogP contribution in [-0.2, 0) is 4.79 Å². The van der Waals surface area contributed by atoms with Crippen molar-refractivity contribution in [2.75, 3.05) is 25.1 Å². The van der Waals surface area contributed by atoms with Gasteiger partial charge in [-0.2, -0.15) is 5.10 Å². The van der Waals surface area contributed by atoms with E-state index in [9.17, 15) is 9.59 Å². The van der Waals surface area contributed by atoms with E-state index in [0.717, 1.165) is 5.56 Å². The fraction of sp³-hybridized carbons (Fsp3) is 0.222. The molecule has 3 rings (SSSR count). The second kappa shape index (κ2) is 13.5. The fourth-order valence-corrected chi connectivity index (χ4v) is 3.80. The van der Waals surface area contributed by atoms with E-state index in [0.29, 0.717) is 41.5 Å². The van der Waals surface area contributed by atoms with Crippen LogP contribution in [0.4, 0.5) is 5.69 Å². The molecule has 0 heterocycles. The zero-order chi connectivity index (χ0) is 26.8. The van der Waals surface area contributed by atoms with Crippen LogP contribution < -0.4 is 25.0 Å². The number of nitrogens with zero attached hydrogens (tertiary/aromatic N) is 1. The lowest BCUT2D eigenvalue weighted by atomic mass is 10.2. The highest BCUT2D eigenvalue weighted by Gasteiger charge is 2.13. The van der Waals surface area contributed by atoms with Crippen LogP contribution in [0.15, 0.2) is 59.7 Å². The first-order valence-electron chi connectivity index (χ1n) is 11.5. The van der Waals surface area contributed by atoms with Gasteiger partial charge in [-0.15, -0.1) is 0 Å². The summed E-state index contributed by atoms with van der Waals surface area (Å²) in [4.78, 5) is 24.7. The molecule has 8 nitrogen and oxygen atoms in total. The van der Waals surface area contributed by atoms with Crippen molar-refractivity contribution in [2.45, 2.75) is 20.8 Å². The Morgan fingerprint density at radius 3 is 2.19 bits per heavy atom. The van der Waals surface area contributed by atoms with E-state index >= 15 is 0 Å². The lowest BCUT2D eigenvalue weighted by molar-refractivity contribution is -0.118. The van der Waals surface area contributed by atoms with Crippen molar-refractivity contribution in [1.82, 2.24) is 5.43 Å².